The van der Waals surface area contributed by atoms with Crippen molar-refractivity contribution in [3.8, 4) is 11.8 Å². The number of hydrogen-bond donors (Lipinski definition) is 0. The molecular weight excluding hydrogens is 288 g/mol. The molecule has 0 aliphatic heterocycles. The van der Waals surface area contributed by atoms with Crippen molar-refractivity contribution in [2.45, 2.75) is 13.5 Å². The third-order valence-corrected chi connectivity index (χ3v) is 3.70. The molecule has 4 heteroatoms. The summed E-state index contributed by atoms with van der Waals surface area (Å²) in [5, 5.41) is 10.4. The Labute approximate surface area is 134 Å². The largest absolute Gasteiger partial charge is 0.494 e. The Hall–Kier alpha value is -3.06. The number of nitriles is 1. The van der Waals surface area contributed by atoms with Gasteiger partial charge in [-0.05, 0) is 48.2 Å². The number of aromatic nitrogens is 1. The highest BCUT2D eigenvalue weighted by Gasteiger charge is 2.05. The van der Waals surface area contributed by atoms with Crippen LogP contribution in [0.2, 0.25) is 0 Å². The fraction of sp³-hybridized carbons (Fsp3) is 0.158. The Morgan fingerprint density at radius 3 is 2.61 bits per heavy atom. The molecule has 0 unspecified atom stereocenters. The van der Waals surface area contributed by atoms with Crippen molar-refractivity contribution in [2.75, 3.05) is 6.61 Å². The molecule has 4 nitrogen and oxygen atoms in total. The molecule has 0 radical (unpaired) electrons. The fourth-order valence-corrected chi connectivity index (χ4v) is 2.52. The van der Waals surface area contributed by atoms with E-state index in [0.29, 0.717) is 29.9 Å². The highest BCUT2D eigenvalue weighted by atomic mass is 16.5. The monoisotopic (exact) mass is 304 g/mol. The van der Waals surface area contributed by atoms with E-state index < -0.39 is 0 Å². The zero-order valence-corrected chi connectivity index (χ0v) is 12.8. The van der Waals surface area contributed by atoms with Crippen molar-refractivity contribution in [2.24, 2.45) is 0 Å². The van der Waals surface area contributed by atoms with Crippen molar-refractivity contribution >= 4 is 10.8 Å². The fourth-order valence-electron chi connectivity index (χ4n) is 2.52. The van der Waals surface area contributed by atoms with E-state index in [2.05, 4.69) is 6.07 Å². The zero-order valence-electron chi connectivity index (χ0n) is 12.8. The van der Waals surface area contributed by atoms with Crippen LogP contribution < -0.4 is 10.3 Å². The van der Waals surface area contributed by atoms with E-state index in [9.17, 15) is 4.79 Å². The molecule has 0 bridgehead atoms. The second kappa shape index (κ2) is 6.37. The predicted octanol–water partition coefficient (Wildman–Crippen LogP) is 3.32. The van der Waals surface area contributed by atoms with Gasteiger partial charge in [0.2, 0.25) is 0 Å². The van der Waals surface area contributed by atoms with Gasteiger partial charge in [0.1, 0.15) is 5.75 Å². The number of nitrogens with zero attached hydrogens (tertiary/aromatic N) is 2. The second-order valence-electron chi connectivity index (χ2n) is 5.24. The summed E-state index contributed by atoms with van der Waals surface area (Å²) < 4.78 is 7.14. The lowest BCUT2D eigenvalue weighted by Gasteiger charge is -2.09. The van der Waals surface area contributed by atoms with Crippen LogP contribution in [0.15, 0.2) is 59.5 Å². The molecule has 0 saturated heterocycles. The standard InChI is InChI=1S/C19H16N2O2/c1-2-23-17-8-7-16-9-10-21(19(22)18(16)11-17)13-15-5-3-14(12-20)4-6-15/h3-11H,2,13H2,1H3. The van der Waals surface area contributed by atoms with Gasteiger partial charge in [-0.15, -0.1) is 0 Å². The normalized spacial score (nSPS) is 10.4. The molecule has 0 aliphatic rings. The van der Waals surface area contributed by atoms with Crippen molar-refractivity contribution in [3.05, 3.63) is 76.2 Å². The summed E-state index contributed by atoms with van der Waals surface area (Å²) in [6.07, 6.45) is 1.79. The first-order valence-electron chi connectivity index (χ1n) is 7.46. The summed E-state index contributed by atoms with van der Waals surface area (Å²) in [4.78, 5) is 12.7. The molecular formula is C19H16N2O2. The quantitative estimate of drug-likeness (QED) is 0.743. The van der Waals surface area contributed by atoms with Gasteiger partial charge < -0.3 is 9.30 Å². The van der Waals surface area contributed by atoms with E-state index in [4.69, 9.17) is 10.00 Å². The lowest BCUT2D eigenvalue weighted by Crippen LogP contribution is -2.20. The molecule has 23 heavy (non-hydrogen) atoms. The summed E-state index contributed by atoms with van der Waals surface area (Å²) in [6.45, 7) is 2.95. The van der Waals surface area contributed by atoms with Crippen molar-refractivity contribution in [3.63, 3.8) is 0 Å². The van der Waals surface area contributed by atoms with E-state index in [1.54, 1.807) is 29.0 Å². The van der Waals surface area contributed by atoms with Crippen LogP contribution in [0.3, 0.4) is 0 Å². The van der Waals surface area contributed by atoms with Crippen molar-refractivity contribution in [1.82, 2.24) is 4.57 Å². The van der Waals surface area contributed by atoms with Crippen LogP contribution >= 0.6 is 0 Å². The number of ether oxygens (including phenoxy) is 1. The lowest BCUT2D eigenvalue weighted by atomic mass is 10.1. The molecule has 0 atom stereocenters. The molecule has 0 spiro atoms. The summed E-state index contributed by atoms with van der Waals surface area (Å²) in [5.41, 5.74) is 1.54. The van der Waals surface area contributed by atoms with Gasteiger partial charge in [-0.3, -0.25) is 4.79 Å². The number of pyridine rings is 1. The van der Waals surface area contributed by atoms with E-state index in [1.807, 2.05) is 37.3 Å². The van der Waals surface area contributed by atoms with Crippen LogP contribution in [0, 0.1) is 11.3 Å². The van der Waals surface area contributed by atoms with E-state index in [-0.39, 0.29) is 5.56 Å². The Morgan fingerprint density at radius 2 is 1.91 bits per heavy atom. The summed E-state index contributed by atoms with van der Waals surface area (Å²) in [5.74, 6) is 0.702. The van der Waals surface area contributed by atoms with Gasteiger partial charge in [0.05, 0.1) is 30.2 Å². The van der Waals surface area contributed by atoms with Gasteiger partial charge in [-0.1, -0.05) is 18.2 Å². The van der Waals surface area contributed by atoms with Crippen molar-refractivity contribution in [1.29, 1.82) is 5.26 Å². The summed E-state index contributed by atoms with van der Waals surface area (Å²) >= 11 is 0. The maximum atomic E-state index is 12.7. The molecule has 3 rings (SSSR count). The van der Waals surface area contributed by atoms with Crippen LogP contribution in [0.4, 0.5) is 0 Å². The molecule has 114 valence electrons. The van der Waals surface area contributed by atoms with Crippen molar-refractivity contribution < 1.29 is 4.74 Å². The minimum absolute atomic E-state index is 0.0478. The number of rotatable bonds is 4. The molecule has 0 N–H and O–H groups in total. The third kappa shape index (κ3) is 3.09. The predicted molar refractivity (Wildman–Crippen MR) is 89.6 cm³/mol. The van der Waals surface area contributed by atoms with Gasteiger partial charge >= 0.3 is 0 Å². The average molecular weight is 304 g/mol. The molecule has 1 aromatic heterocycles. The van der Waals surface area contributed by atoms with E-state index in [1.165, 1.54) is 0 Å². The van der Waals surface area contributed by atoms with Crippen LogP contribution in [-0.4, -0.2) is 11.2 Å². The third-order valence-electron chi connectivity index (χ3n) is 3.70. The number of fused-ring (bicyclic) bond motifs is 1. The van der Waals surface area contributed by atoms with Crippen LogP contribution in [0.25, 0.3) is 10.8 Å². The topological polar surface area (TPSA) is 55.0 Å². The summed E-state index contributed by atoms with van der Waals surface area (Å²) in [6, 6.07) is 16.8. The second-order valence-corrected chi connectivity index (χ2v) is 5.24. The Morgan fingerprint density at radius 1 is 1.13 bits per heavy atom. The number of benzene rings is 2. The maximum absolute atomic E-state index is 12.7. The van der Waals surface area contributed by atoms with Gasteiger partial charge in [-0.2, -0.15) is 5.26 Å². The first-order valence-corrected chi connectivity index (χ1v) is 7.46. The van der Waals surface area contributed by atoms with Gasteiger partial charge in [0.15, 0.2) is 0 Å². The molecule has 0 saturated carbocycles. The van der Waals surface area contributed by atoms with E-state index in [0.717, 1.165) is 10.9 Å². The number of hydrogen-bond acceptors (Lipinski definition) is 3. The first-order chi connectivity index (χ1) is 11.2. The zero-order chi connectivity index (χ0) is 16.2. The Bertz CT molecular complexity index is 934. The molecule has 0 amide bonds. The highest BCUT2D eigenvalue weighted by Crippen LogP contribution is 2.18. The van der Waals surface area contributed by atoms with Crippen LogP contribution in [-0.2, 0) is 6.54 Å². The molecule has 2 aromatic carbocycles. The van der Waals surface area contributed by atoms with Crippen LogP contribution in [0.5, 0.6) is 5.75 Å². The highest BCUT2D eigenvalue weighted by molar-refractivity contribution is 5.82. The first kappa shape index (κ1) is 14.9. The molecule has 0 aliphatic carbocycles. The van der Waals surface area contributed by atoms with E-state index >= 15 is 0 Å². The molecule has 3 aromatic rings. The Balaban J connectivity index is 1.98. The smallest absolute Gasteiger partial charge is 0.258 e. The van der Waals surface area contributed by atoms with Gasteiger partial charge in [0, 0.05) is 6.20 Å². The molecule has 1 heterocycles. The molecule has 0 fully saturated rings. The average Bonchev–Trinajstić information content (AvgIpc) is 2.59. The Kier molecular flexibility index (Phi) is 4.11. The van der Waals surface area contributed by atoms with Crippen LogP contribution in [0.1, 0.15) is 18.1 Å². The lowest BCUT2D eigenvalue weighted by molar-refractivity contribution is 0.340. The minimum Gasteiger partial charge on any atom is -0.494 e. The SMILES string of the molecule is CCOc1ccc2ccn(Cc3ccc(C#N)cc3)c(=O)c2c1. The van der Waals surface area contributed by atoms with Gasteiger partial charge in [-0.25, -0.2) is 0 Å². The maximum Gasteiger partial charge on any atom is 0.258 e. The summed E-state index contributed by atoms with van der Waals surface area (Å²) in [7, 11) is 0. The minimum atomic E-state index is -0.0478. The van der Waals surface area contributed by atoms with Gasteiger partial charge in [0.25, 0.3) is 5.56 Å².